The summed E-state index contributed by atoms with van der Waals surface area (Å²) in [6, 6.07) is 30.4. The van der Waals surface area contributed by atoms with Crippen LogP contribution in [-0.2, 0) is 0 Å². The fourth-order valence-corrected chi connectivity index (χ4v) is 7.71. The van der Waals surface area contributed by atoms with Gasteiger partial charge in [0.2, 0.25) is 0 Å². The first-order valence-corrected chi connectivity index (χ1v) is 25.1. The van der Waals surface area contributed by atoms with Crippen LogP contribution in [0.1, 0.15) is 157 Å². The minimum atomic E-state index is -0.332. The minimum absolute atomic E-state index is 0.115. The summed E-state index contributed by atoms with van der Waals surface area (Å²) >= 11 is 0. The SMILES string of the molecule is CC(C)c1cc(C(C)C)c(=O)n(-c2ccc(F)cc2)n1.CC(C)c1cc(C2CC2)nn(-c2ccc(F)cc2)c1=O.CC(C)c1ccnn(-c2ccc(F)cc2)c1=O.Cc1cc(C(C)C)c(=O)n(-c2ccc(F)cc2)n1. The van der Waals surface area contributed by atoms with Crippen LogP contribution in [-0.4, -0.2) is 39.1 Å². The van der Waals surface area contributed by atoms with Crippen LogP contribution in [0.4, 0.5) is 17.6 Å². The number of nitrogens with zero attached hydrogens (tertiary/aromatic N) is 8. The molecule has 0 radical (unpaired) electrons. The Kier molecular flexibility index (Phi) is 18.7. The van der Waals surface area contributed by atoms with Crippen molar-refractivity contribution in [1.29, 1.82) is 0 Å². The molecule has 1 saturated carbocycles. The third kappa shape index (κ3) is 14.5. The molecule has 4 aromatic carbocycles. The van der Waals surface area contributed by atoms with Crippen LogP contribution in [0.15, 0.2) is 147 Å². The molecule has 0 atom stereocenters. The highest BCUT2D eigenvalue weighted by molar-refractivity contribution is 5.36. The average Bonchev–Trinajstić information content (AvgIpc) is 4.23. The Morgan fingerprint density at radius 3 is 1.11 bits per heavy atom. The molecule has 8 aromatic rings. The van der Waals surface area contributed by atoms with Crippen LogP contribution in [0.25, 0.3) is 22.7 Å². The molecule has 0 spiro atoms. The number of hydrogen-bond acceptors (Lipinski definition) is 8. The van der Waals surface area contributed by atoms with Crippen molar-refractivity contribution >= 4 is 0 Å². The van der Waals surface area contributed by atoms with Crippen molar-refractivity contribution in [3.63, 3.8) is 0 Å². The molecule has 0 aliphatic heterocycles. The zero-order valence-electron chi connectivity index (χ0n) is 44.2. The lowest BCUT2D eigenvalue weighted by molar-refractivity contribution is 0.625. The summed E-state index contributed by atoms with van der Waals surface area (Å²) in [4.78, 5) is 49.3. The molecule has 0 bridgehead atoms. The molecule has 0 amide bonds. The molecule has 0 N–H and O–H groups in total. The Hall–Kier alpha value is -7.88. The lowest BCUT2D eigenvalue weighted by Gasteiger charge is -2.14. The van der Waals surface area contributed by atoms with Gasteiger partial charge in [0.1, 0.15) is 23.3 Å². The highest BCUT2D eigenvalue weighted by atomic mass is 19.1. The lowest BCUT2D eigenvalue weighted by Crippen LogP contribution is -2.27. The van der Waals surface area contributed by atoms with Crippen LogP contribution < -0.4 is 22.2 Å². The summed E-state index contributed by atoms with van der Waals surface area (Å²) in [5.74, 6) is -0.0763. The van der Waals surface area contributed by atoms with Crippen molar-refractivity contribution < 1.29 is 17.6 Å². The maximum absolute atomic E-state index is 13.0. The van der Waals surface area contributed by atoms with E-state index in [4.69, 9.17) is 0 Å². The van der Waals surface area contributed by atoms with E-state index in [-0.39, 0.29) is 75.1 Å². The predicted molar refractivity (Wildman–Crippen MR) is 286 cm³/mol. The van der Waals surface area contributed by atoms with E-state index in [2.05, 4.69) is 20.4 Å². The van der Waals surface area contributed by atoms with Gasteiger partial charge in [0.05, 0.1) is 39.8 Å². The smallest absolute Gasteiger partial charge is 0.267 e. The second kappa shape index (κ2) is 24.9. The predicted octanol–water partition coefficient (Wildman–Crippen LogP) is 12.3. The van der Waals surface area contributed by atoms with E-state index in [1.165, 1.54) is 79.4 Å². The van der Waals surface area contributed by atoms with E-state index < -0.39 is 0 Å². The topological polar surface area (TPSA) is 140 Å². The Balaban J connectivity index is 0.000000163. The summed E-state index contributed by atoms with van der Waals surface area (Å²) in [7, 11) is 0. The largest absolute Gasteiger partial charge is 0.274 e. The molecular weight excluding hydrogens is 961 g/mol. The van der Waals surface area contributed by atoms with Crippen LogP contribution >= 0.6 is 0 Å². The van der Waals surface area contributed by atoms with Crippen molar-refractivity contribution in [2.24, 2.45) is 0 Å². The van der Waals surface area contributed by atoms with E-state index in [1.54, 1.807) is 54.7 Å². The molecule has 0 saturated heterocycles. The van der Waals surface area contributed by atoms with E-state index >= 15 is 0 Å². The van der Waals surface area contributed by atoms with Crippen molar-refractivity contribution in [1.82, 2.24) is 39.1 Å². The van der Waals surface area contributed by atoms with Crippen LogP contribution in [0, 0.1) is 30.2 Å². The maximum atomic E-state index is 13.0. The number of halogens is 4. The zero-order chi connectivity index (χ0) is 54.8. The summed E-state index contributed by atoms with van der Waals surface area (Å²) in [5.41, 5.74) is 7.28. The van der Waals surface area contributed by atoms with Gasteiger partial charge >= 0.3 is 0 Å². The lowest BCUT2D eigenvalue weighted by atomic mass is 10.0. The average molecular weight is 1030 g/mol. The number of hydrogen-bond donors (Lipinski definition) is 0. The molecular formula is C59H64F4N8O4. The van der Waals surface area contributed by atoms with Gasteiger partial charge in [0, 0.05) is 34.4 Å². The first-order chi connectivity index (χ1) is 35.5. The molecule has 1 aliphatic carbocycles. The molecule has 4 heterocycles. The van der Waals surface area contributed by atoms with Crippen LogP contribution in [0.5, 0.6) is 0 Å². The first kappa shape index (κ1) is 56.4. The monoisotopic (exact) mass is 1020 g/mol. The van der Waals surface area contributed by atoms with Crippen LogP contribution in [0.2, 0.25) is 0 Å². The van der Waals surface area contributed by atoms with E-state index in [0.29, 0.717) is 39.8 Å². The van der Waals surface area contributed by atoms with E-state index in [9.17, 15) is 36.7 Å². The summed E-state index contributed by atoms with van der Waals surface area (Å²) in [6.07, 6.45) is 3.85. The fraction of sp³-hybridized carbons (Fsp3) is 0.322. The van der Waals surface area contributed by atoms with Gasteiger partial charge in [-0.15, -0.1) is 0 Å². The summed E-state index contributed by atoms with van der Waals surface area (Å²) in [5, 5.41) is 17.1. The Morgan fingerprint density at radius 1 is 0.400 bits per heavy atom. The van der Waals surface area contributed by atoms with Gasteiger partial charge in [0.15, 0.2) is 0 Å². The third-order valence-electron chi connectivity index (χ3n) is 12.2. The molecule has 0 unspecified atom stereocenters. The van der Waals surface area contributed by atoms with Gasteiger partial charge < -0.3 is 0 Å². The highest BCUT2D eigenvalue weighted by Crippen LogP contribution is 2.39. The van der Waals surface area contributed by atoms with Gasteiger partial charge in [0.25, 0.3) is 22.2 Å². The second-order valence-electron chi connectivity index (χ2n) is 19.9. The molecule has 9 rings (SSSR count). The molecule has 12 nitrogen and oxygen atoms in total. The van der Waals surface area contributed by atoms with Crippen LogP contribution in [0.3, 0.4) is 0 Å². The number of aryl methyl sites for hydroxylation is 1. The van der Waals surface area contributed by atoms with Crippen molar-refractivity contribution in [2.75, 3.05) is 0 Å². The highest BCUT2D eigenvalue weighted by Gasteiger charge is 2.27. The molecule has 75 heavy (non-hydrogen) atoms. The molecule has 392 valence electrons. The molecule has 4 aromatic heterocycles. The number of aromatic nitrogens is 8. The molecule has 1 aliphatic rings. The maximum Gasteiger partial charge on any atom is 0.274 e. The van der Waals surface area contributed by atoms with Gasteiger partial charge in [-0.1, -0.05) is 69.2 Å². The van der Waals surface area contributed by atoms with E-state index in [0.717, 1.165) is 41.1 Å². The van der Waals surface area contributed by atoms with Gasteiger partial charge in [-0.25, -0.2) is 17.6 Å². The first-order valence-electron chi connectivity index (χ1n) is 25.1. The van der Waals surface area contributed by atoms with Crippen molar-refractivity contribution in [3.8, 4) is 22.7 Å². The third-order valence-corrected chi connectivity index (χ3v) is 12.2. The second-order valence-corrected chi connectivity index (χ2v) is 19.9. The number of benzene rings is 4. The quantitative estimate of drug-likeness (QED) is 0.123. The van der Waals surface area contributed by atoms with Gasteiger partial charge in [-0.2, -0.15) is 39.1 Å². The zero-order valence-corrected chi connectivity index (χ0v) is 44.2. The standard InChI is InChI=1S/C16H17FN2O.C16H19FN2O.C14H15FN2O.C13H13FN2O/c1-10(2)14-9-15(11-3-4-11)18-19(16(14)20)13-7-5-12(17)6-8-13;1-10(2)14-9-15(11(3)4)18-19(16(14)20)13-7-5-12(17)6-8-13;1-9(2)13-8-10(3)16-17(14(13)18)12-6-4-11(15)5-7-12;1-9(2)12-7-8-15-16(13(12)17)11-5-3-10(14)4-6-11/h5-11H,3-4H2,1-2H3;5-11H,1-4H3;4-9H,1-3H3;3-9H,1-2H3. The summed E-state index contributed by atoms with van der Waals surface area (Å²) < 4.78 is 57.1. The van der Waals surface area contributed by atoms with Crippen molar-refractivity contribution in [2.45, 2.75) is 125 Å². The fourth-order valence-electron chi connectivity index (χ4n) is 7.71. The number of rotatable bonds is 10. The Labute approximate surface area is 434 Å². The van der Waals surface area contributed by atoms with Gasteiger partial charge in [-0.3, -0.25) is 19.2 Å². The molecule has 1 fully saturated rings. The summed E-state index contributed by atoms with van der Waals surface area (Å²) in [6.45, 7) is 21.7. The normalized spacial score (nSPS) is 12.1. The minimum Gasteiger partial charge on any atom is -0.267 e. The van der Waals surface area contributed by atoms with E-state index in [1.807, 2.05) is 88.3 Å². The Bertz CT molecular complexity index is 3340. The van der Waals surface area contributed by atoms with Crippen molar-refractivity contribution in [3.05, 3.63) is 232 Å². The molecule has 16 heteroatoms. The van der Waals surface area contributed by atoms with Gasteiger partial charge in [-0.05, 0) is 171 Å². The Morgan fingerprint density at radius 2 is 0.733 bits per heavy atom.